The predicted molar refractivity (Wildman–Crippen MR) is 72.6 cm³/mol. The molecule has 1 N–H and O–H groups in total. The maximum absolute atomic E-state index is 13.4. The monoisotopic (exact) mass is 304 g/mol. The first kappa shape index (κ1) is 13.2. The predicted octanol–water partition coefficient (Wildman–Crippen LogP) is 1.52. The number of hydrogen-bond donors (Lipinski definition) is 1. The summed E-state index contributed by atoms with van der Waals surface area (Å²) in [7, 11) is 0. The molecule has 1 amide bonds. The van der Waals surface area contributed by atoms with Gasteiger partial charge in [0.15, 0.2) is 0 Å². The van der Waals surface area contributed by atoms with Gasteiger partial charge in [-0.05, 0) is 12.1 Å². The fourth-order valence-corrected chi connectivity index (χ4v) is 3.07. The first-order chi connectivity index (χ1) is 10.6. The molecule has 0 spiro atoms. The highest BCUT2D eigenvalue weighted by Gasteiger charge is 2.42. The lowest BCUT2D eigenvalue weighted by Gasteiger charge is -2.26. The normalized spacial score (nSPS) is 23.2. The number of likely N-dealkylation sites (tertiary alicyclic amines) is 1. The van der Waals surface area contributed by atoms with E-state index in [1.807, 2.05) is 0 Å². The van der Waals surface area contributed by atoms with Gasteiger partial charge in [-0.25, -0.2) is 13.9 Å². The molecule has 2 atom stereocenters. The number of benzene rings is 1. The van der Waals surface area contributed by atoms with Crippen LogP contribution in [-0.4, -0.2) is 50.3 Å². The second kappa shape index (κ2) is 4.77. The number of carbonyl (C=O) groups is 1. The Labute approximate surface area is 124 Å². The van der Waals surface area contributed by atoms with Crippen LogP contribution in [0.4, 0.5) is 9.18 Å². The molecule has 0 saturated carbocycles. The molecule has 1 fully saturated rings. The topological polar surface area (TPSA) is 80.5 Å². The van der Waals surface area contributed by atoms with Crippen molar-refractivity contribution in [3.63, 3.8) is 0 Å². The molecule has 3 heterocycles. The average Bonchev–Trinajstić information content (AvgIpc) is 3.10. The van der Waals surface area contributed by atoms with Crippen molar-refractivity contribution in [3.05, 3.63) is 35.8 Å². The van der Waals surface area contributed by atoms with Gasteiger partial charge in [-0.2, -0.15) is 0 Å². The van der Waals surface area contributed by atoms with Crippen LogP contribution in [0.2, 0.25) is 0 Å². The van der Waals surface area contributed by atoms with Gasteiger partial charge in [0.1, 0.15) is 11.5 Å². The van der Waals surface area contributed by atoms with Gasteiger partial charge in [0.25, 0.3) is 0 Å². The second-order valence-corrected chi connectivity index (χ2v) is 5.44. The summed E-state index contributed by atoms with van der Waals surface area (Å²) >= 11 is 0. The Hall–Kier alpha value is -2.48. The zero-order valence-electron chi connectivity index (χ0n) is 11.5. The molecule has 0 aliphatic carbocycles. The maximum atomic E-state index is 13.4. The van der Waals surface area contributed by atoms with Crippen LogP contribution in [0, 0.1) is 5.82 Å². The molecule has 2 aliphatic rings. The van der Waals surface area contributed by atoms with Crippen molar-refractivity contribution in [2.45, 2.75) is 18.8 Å². The van der Waals surface area contributed by atoms with Crippen LogP contribution in [0.25, 0.3) is 11.3 Å². The summed E-state index contributed by atoms with van der Waals surface area (Å²) in [4.78, 5) is 12.4. The van der Waals surface area contributed by atoms with E-state index < -0.39 is 6.09 Å². The van der Waals surface area contributed by atoms with E-state index in [2.05, 4.69) is 10.3 Å². The van der Waals surface area contributed by atoms with Crippen molar-refractivity contribution in [2.24, 2.45) is 0 Å². The van der Waals surface area contributed by atoms with Gasteiger partial charge in [-0.3, -0.25) is 0 Å². The number of fused-ring (bicyclic) bond motifs is 3. The average molecular weight is 304 g/mol. The standard InChI is InChI=1S/C14H13FN4O3/c15-9-3-1-2-8(4-9)13-11-7-22-12-6-18(14(20)21)5-10(12)19(11)17-16-13/h1-4,10,12H,5-7H2,(H,20,21). The summed E-state index contributed by atoms with van der Waals surface area (Å²) in [6.07, 6.45) is -1.18. The van der Waals surface area contributed by atoms with Gasteiger partial charge in [-0.1, -0.05) is 17.3 Å². The largest absolute Gasteiger partial charge is 0.465 e. The molecule has 2 aliphatic heterocycles. The molecule has 2 unspecified atom stereocenters. The minimum absolute atomic E-state index is 0.186. The zero-order chi connectivity index (χ0) is 15.3. The number of ether oxygens (including phenoxy) is 1. The molecule has 1 aromatic heterocycles. The fourth-order valence-electron chi connectivity index (χ4n) is 3.07. The van der Waals surface area contributed by atoms with Gasteiger partial charge in [0.2, 0.25) is 0 Å². The first-order valence-corrected chi connectivity index (χ1v) is 6.93. The van der Waals surface area contributed by atoms with Gasteiger partial charge < -0.3 is 14.7 Å². The molecule has 8 heteroatoms. The molecule has 0 radical (unpaired) electrons. The smallest absolute Gasteiger partial charge is 0.407 e. The number of carboxylic acid groups (broad SMARTS) is 1. The Morgan fingerprint density at radius 3 is 3.05 bits per heavy atom. The van der Waals surface area contributed by atoms with Gasteiger partial charge in [0.05, 0.1) is 31.0 Å². The van der Waals surface area contributed by atoms with Crippen molar-refractivity contribution in [1.82, 2.24) is 19.9 Å². The summed E-state index contributed by atoms with van der Waals surface area (Å²) in [5.74, 6) is -0.341. The van der Waals surface area contributed by atoms with Crippen LogP contribution in [-0.2, 0) is 11.3 Å². The van der Waals surface area contributed by atoms with Gasteiger partial charge in [-0.15, -0.1) is 5.10 Å². The van der Waals surface area contributed by atoms with E-state index >= 15 is 0 Å². The quantitative estimate of drug-likeness (QED) is 0.864. The molecule has 2 aromatic rings. The summed E-state index contributed by atoms with van der Waals surface area (Å²) in [6, 6.07) is 5.96. The minimum atomic E-state index is -0.968. The number of halogens is 1. The molecule has 114 valence electrons. The maximum Gasteiger partial charge on any atom is 0.407 e. The first-order valence-electron chi connectivity index (χ1n) is 6.93. The molecule has 22 heavy (non-hydrogen) atoms. The molecule has 4 rings (SSSR count). The Bertz CT molecular complexity index is 747. The molecule has 0 bridgehead atoms. The lowest BCUT2D eigenvalue weighted by molar-refractivity contribution is -0.00456. The number of hydrogen-bond acceptors (Lipinski definition) is 4. The third kappa shape index (κ3) is 1.95. The lowest BCUT2D eigenvalue weighted by Crippen LogP contribution is -2.32. The molecule has 1 saturated heterocycles. The highest BCUT2D eigenvalue weighted by Crippen LogP contribution is 2.34. The molecular formula is C14H13FN4O3. The Balaban J connectivity index is 1.71. The highest BCUT2D eigenvalue weighted by molar-refractivity contribution is 5.66. The fraction of sp³-hybridized carbons (Fsp3) is 0.357. The zero-order valence-corrected chi connectivity index (χ0v) is 11.5. The third-order valence-corrected chi connectivity index (χ3v) is 4.14. The molecule has 7 nitrogen and oxygen atoms in total. The van der Waals surface area contributed by atoms with Crippen molar-refractivity contribution in [3.8, 4) is 11.3 Å². The van der Waals surface area contributed by atoms with E-state index in [0.29, 0.717) is 24.3 Å². The molecule has 1 aromatic carbocycles. The highest BCUT2D eigenvalue weighted by atomic mass is 19.1. The van der Waals surface area contributed by atoms with E-state index in [1.54, 1.807) is 16.8 Å². The lowest BCUT2D eigenvalue weighted by atomic mass is 10.1. The van der Waals surface area contributed by atoms with E-state index in [0.717, 1.165) is 5.69 Å². The van der Waals surface area contributed by atoms with E-state index in [9.17, 15) is 9.18 Å². The second-order valence-electron chi connectivity index (χ2n) is 5.44. The SMILES string of the molecule is O=C(O)N1CC2OCc3c(-c4cccc(F)c4)nnn3C2C1. The molecular weight excluding hydrogens is 291 g/mol. The van der Waals surface area contributed by atoms with Crippen molar-refractivity contribution >= 4 is 6.09 Å². The summed E-state index contributed by atoms with van der Waals surface area (Å²) in [5.41, 5.74) is 1.96. The van der Waals surface area contributed by atoms with Crippen molar-refractivity contribution in [2.75, 3.05) is 13.1 Å². The van der Waals surface area contributed by atoms with Gasteiger partial charge >= 0.3 is 6.09 Å². The number of nitrogens with zero attached hydrogens (tertiary/aromatic N) is 4. The van der Waals surface area contributed by atoms with E-state index in [-0.39, 0.29) is 24.6 Å². The van der Waals surface area contributed by atoms with Crippen LogP contribution < -0.4 is 0 Å². The van der Waals surface area contributed by atoms with Crippen LogP contribution in [0.15, 0.2) is 24.3 Å². The number of rotatable bonds is 1. The number of aromatic nitrogens is 3. The summed E-state index contributed by atoms with van der Waals surface area (Å²) < 4.78 is 20.9. The van der Waals surface area contributed by atoms with Crippen molar-refractivity contribution < 1.29 is 19.0 Å². The van der Waals surface area contributed by atoms with Crippen LogP contribution in [0.1, 0.15) is 11.7 Å². The Morgan fingerprint density at radius 2 is 2.27 bits per heavy atom. The van der Waals surface area contributed by atoms with Crippen LogP contribution in [0.5, 0.6) is 0 Å². The Morgan fingerprint density at radius 1 is 1.41 bits per heavy atom. The van der Waals surface area contributed by atoms with E-state index in [4.69, 9.17) is 9.84 Å². The third-order valence-electron chi connectivity index (χ3n) is 4.14. The van der Waals surface area contributed by atoms with Crippen LogP contribution in [0.3, 0.4) is 0 Å². The van der Waals surface area contributed by atoms with Gasteiger partial charge in [0, 0.05) is 12.1 Å². The number of amides is 1. The van der Waals surface area contributed by atoms with Crippen molar-refractivity contribution in [1.29, 1.82) is 0 Å². The summed E-state index contributed by atoms with van der Waals surface area (Å²) in [6.45, 7) is 0.932. The van der Waals surface area contributed by atoms with Crippen LogP contribution >= 0.6 is 0 Å². The summed E-state index contributed by atoms with van der Waals surface area (Å²) in [5, 5.41) is 17.4. The van der Waals surface area contributed by atoms with E-state index in [1.165, 1.54) is 17.0 Å². The Kier molecular flexibility index (Phi) is 2.86. The minimum Gasteiger partial charge on any atom is -0.465 e.